The van der Waals surface area contributed by atoms with Crippen molar-refractivity contribution in [3.63, 3.8) is 0 Å². The van der Waals surface area contributed by atoms with Crippen LogP contribution in [0.4, 0.5) is 5.69 Å². The van der Waals surface area contributed by atoms with E-state index in [1.165, 1.54) is 11.8 Å². The first-order chi connectivity index (χ1) is 7.59. The Labute approximate surface area is 92.7 Å². The highest BCUT2D eigenvalue weighted by Crippen LogP contribution is 2.19. The minimum atomic E-state index is -0.998. The van der Waals surface area contributed by atoms with Gasteiger partial charge in [-0.2, -0.15) is 0 Å². The number of fused-ring (bicyclic) bond motifs is 1. The number of nitrogens with zero attached hydrogens (tertiary/aromatic N) is 2. The Balaban J connectivity index is 2.35. The van der Waals surface area contributed by atoms with Gasteiger partial charge in [0.15, 0.2) is 0 Å². The van der Waals surface area contributed by atoms with Crippen molar-refractivity contribution in [3.05, 3.63) is 24.5 Å². The molecule has 1 amide bonds. The first kappa shape index (κ1) is 10.6. The molecule has 5 heteroatoms. The number of aromatic nitrogens is 2. The number of H-pyrrole nitrogens is 1. The second-order valence-electron chi connectivity index (χ2n) is 3.68. The first-order valence-electron chi connectivity index (χ1n) is 4.98. The lowest BCUT2D eigenvalue weighted by Gasteiger charge is -2.18. The number of aromatic amines is 1. The first-order valence-corrected chi connectivity index (χ1v) is 4.98. The van der Waals surface area contributed by atoms with Gasteiger partial charge < -0.3 is 15.0 Å². The Kier molecular flexibility index (Phi) is 2.62. The fraction of sp³-hybridized carbons (Fsp3) is 0.273. The summed E-state index contributed by atoms with van der Waals surface area (Å²) >= 11 is 0. The molecule has 2 aromatic rings. The number of anilines is 1. The molecule has 0 saturated heterocycles. The largest absolute Gasteiger partial charge is 0.384 e. The number of nitrogens with one attached hydrogen (secondary N) is 1. The molecule has 0 radical (unpaired) electrons. The molecule has 5 nitrogen and oxygen atoms in total. The lowest BCUT2D eigenvalue weighted by molar-refractivity contribution is -0.125. The van der Waals surface area contributed by atoms with Crippen LogP contribution in [0.25, 0.3) is 11.0 Å². The molecule has 1 atom stereocenters. The van der Waals surface area contributed by atoms with Crippen LogP contribution in [0.1, 0.15) is 6.92 Å². The number of carbonyl (C=O) groups is 1. The Hall–Kier alpha value is -1.88. The Bertz CT molecular complexity index is 519. The Morgan fingerprint density at radius 1 is 1.56 bits per heavy atom. The number of likely N-dealkylation sites (N-methyl/N-ethyl adjacent to an activating group) is 1. The third kappa shape index (κ3) is 1.77. The topological polar surface area (TPSA) is 69.2 Å². The van der Waals surface area contributed by atoms with Crippen LogP contribution in [0.5, 0.6) is 0 Å². The van der Waals surface area contributed by atoms with Crippen molar-refractivity contribution in [2.45, 2.75) is 13.0 Å². The van der Waals surface area contributed by atoms with Gasteiger partial charge in [0.2, 0.25) is 0 Å². The summed E-state index contributed by atoms with van der Waals surface area (Å²) in [6.07, 6.45) is 0.604. The zero-order chi connectivity index (χ0) is 11.7. The quantitative estimate of drug-likeness (QED) is 0.788. The summed E-state index contributed by atoms with van der Waals surface area (Å²) in [5, 5.41) is 9.21. The van der Waals surface area contributed by atoms with E-state index in [0.717, 1.165) is 16.7 Å². The van der Waals surface area contributed by atoms with Crippen molar-refractivity contribution in [3.8, 4) is 0 Å². The average molecular weight is 219 g/mol. The molecule has 1 heterocycles. The van der Waals surface area contributed by atoms with Crippen LogP contribution in [0.15, 0.2) is 24.5 Å². The standard InChI is InChI=1S/C11H13N3O2/c1-7(15)11(16)14(2)8-3-4-9-10(5-8)13-6-12-9/h3-7,15H,1-2H3,(H,12,13). The van der Waals surface area contributed by atoms with Crippen LogP contribution in [0.2, 0.25) is 0 Å². The predicted molar refractivity (Wildman–Crippen MR) is 61.2 cm³/mol. The van der Waals surface area contributed by atoms with Gasteiger partial charge in [0.05, 0.1) is 17.4 Å². The second-order valence-corrected chi connectivity index (χ2v) is 3.68. The minimum Gasteiger partial charge on any atom is -0.384 e. The Morgan fingerprint density at radius 2 is 2.31 bits per heavy atom. The molecular formula is C11H13N3O2. The zero-order valence-corrected chi connectivity index (χ0v) is 9.14. The molecule has 0 aliphatic rings. The van der Waals surface area contributed by atoms with E-state index in [1.807, 2.05) is 12.1 Å². The van der Waals surface area contributed by atoms with E-state index in [0.29, 0.717) is 0 Å². The summed E-state index contributed by atoms with van der Waals surface area (Å²) in [5.41, 5.74) is 2.44. The summed E-state index contributed by atoms with van der Waals surface area (Å²) in [6.45, 7) is 1.45. The van der Waals surface area contributed by atoms with Gasteiger partial charge in [-0.3, -0.25) is 4.79 Å². The number of rotatable bonds is 2. The maximum atomic E-state index is 11.6. The fourth-order valence-electron chi connectivity index (χ4n) is 1.54. The maximum absolute atomic E-state index is 11.6. The number of benzene rings is 1. The normalized spacial score (nSPS) is 12.7. The number of hydrogen-bond acceptors (Lipinski definition) is 3. The molecule has 0 bridgehead atoms. The Morgan fingerprint density at radius 3 is 3.00 bits per heavy atom. The third-order valence-corrected chi connectivity index (χ3v) is 2.48. The van der Waals surface area contributed by atoms with Gasteiger partial charge in [-0.1, -0.05) is 0 Å². The fourth-order valence-corrected chi connectivity index (χ4v) is 1.54. The van der Waals surface area contributed by atoms with Gasteiger partial charge in [0.25, 0.3) is 5.91 Å². The van der Waals surface area contributed by atoms with Gasteiger partial charge in [-0.05, 0) is 25.1 Å². The lowest BCUT2D eigenvalue weighted by atomic mass is 10.2. The molecule has 2 rings (SSSR count). The van der Waals surface area contributed by atoms with Crippen LogP contribution in [-0.4, -0.2) is 34.1 Å². The highest BCUT2D eigenvalue weighted by Gasteiger charge is 2.16. The molecule has 1 unspecified atom stereocenters. The smallest absolute Gasteiger partial charge is 0.255 e. The van der Waals surface area contributed by atoms with Crippen molar-refractivity contribution in [2.75, 3.05) is 11.9 Å². The van der Waals surface area contributed by atoms with Crippen LogP contribution < -0.4 is 4.90 Å². The van der Waals surface area contributed by atoms with Crippen molar-refractivity contribution in [1.82, 2.24) is 9.97 Å². The molecule has 1 aromatic carbocycles. The molecule has 16 heavy (non-hydrogen) atoms. The van der Waals surface area contributed by atoms with Crippen LogP contribution in [0, 0.1) is 0 Å². The molecule has 0 saturated carbocycles. The minimum absolute atomic E-state index is 0.334. The average Bonchev–Trinajstić information content (AvgIpc) is 2.73. The van der Waals surface area contributed by atoms with Gasteiger partial charge in [-0.15, -0.1) is 0 Å². The van der Waals surface area contributed by atoms with Crippen molar-refractivity contribution in [2.24, 2.45) is 0 Å². The molecule has 84 valence electrons. The second kappa shape index (κ2) is 3.94. The molecule has 2 N–H and O–H groups in total. The highest BCUT2D eigenvalue weighted by molar-refractivity contribution is 5.97. The van der Waals surface area contributed by atoms with Gasteiger partial charge in [0, 0.05) is 12.7 Å². The van der Waals surface area contributed by atoms with Crippen molar-refractivity contribution in [1.29, 1.82) is 0 Å². The third-order valence-electron chi connectivity index (χ3n) is 2.48. The van der Waals surface area contributed by atoms with Crippen LogP contribution in [0.3, 0.4) is 0 Å². The SMILES string of the molecule is CC(O)C(=O)N(C)c1ccc2nc[nH]c2c1. The molecular weight excluding hydrogens is 206 g/mol. The molecule has 0 aliphatic heterocycles. The number of amides is 1. The van der Waals surface area contributed by atoms with E-state index >= 15 is 0 Å². The van der Waals surface area contributed by atoms with E-state index in [1.54, 1.807) is 19.4 Å². The van der Waals surface area contributed by atoms with Crippen molar-refractivity contribution >= 4 is 22.6 Å². The predicted octanol–water partition coefficient (Wildman–Crippen LogP) is 0.906. The maximum Gasteiger partial charge on any atom is 0.255 e. The van der Waals surface area contributed by atoms with E-state index in [2.05, 4.69) is 9.97 Å². The van der Waals surface area contributed by atoms with Gasteiger partial charge in [0.1, 0.15) is 6.10 Å². The monoisotopic (exact) mass is 219 g/mol. The van der Waals surface area contributed by atoms with E-state index < -0.39 is 6.10 Å². The van der Waals surface area contributed by atoms with E-state index in [9.17, 15) is 9.90 Å². The number of carbonyl (C=O) groups excluding carboxylic acids is 1. The highest BCUT2D eigenvalue weighted by atomic mass is 16.3. The van der Waals surface area contributed by atoms with Gasteiger partial charge >= 0.3 is 0 Å². The van der Waals surface area contributed by atoms with Crippen molar-refractivity contribution < 1.29 is 9.90 Å². The summed E-state index contributed by atoms with van der Waals surface area (Å²) in [4.78, 5) is 20.1. The number of aliphatic hydroxyl groups excluding tert-OH is 1. The molecule has 0 spiro atoms. The van der Waals surface area contributed by atoms with E-state index in [-0.39, 0.29) is 5.91 Å². The number of aliphatic hydroxyl groups is 1. The lowest BCUT2D eigenvalue weighted by Crippen LogP contribution is -2.34. The summed E-state index contributed by atoms with van der Waals surface area (Å²) < 4.78 is 0. The van der Waals surface area contributed by atoms with Crippen LogP contribution >= 0.6 is 0 Å². The number of hydrogen-bond donors (Lipinski definition) is 2. The number of imidazole rings is 1. The van der Waals surface area contributed by atoms with Gasteiger partial charge in [-0.25, -0.2) is 4.98 Å². The molecule has 1 aromatic heterocycles. The summed E-state index contributed by atoms with van der Waals surface area (Å²) in [7, 11) is 1.63. The van der Waals surface area contributed by atoms with E-state index in [4.69, 9.17) is 0 Å². The summed E-state index contributed by atoms with van der Waals surface area (Å²) in [5.74, 6) is -0.334. The zero-order valence-electron chi connectivity index (χ0n) is 9.14. The summed E-state index contributed by atoms with van der Waals surface area (Å²) in [6, 6.07) is 5.44. The molecule has 0 fully saturated rings. The molecule has 0 aliphatic carbocycles. The van der Waals surface area contributed by atoms with Crippen LogP contribution in [-0.2, 0) is 4.79 Å².